The third-order valence-corrected chi connectivity index (χ3v) is 4.92. The zero-order valence-electron chi connectivity index (χ0n) is 16.5. The second-order valence-electron chi connectivity index (χ2n) is 6.89. The normalized spacial score (nSPS) is 11.2. The number of hydrogen-bond donors (Lipinski definition) is 1. The lowest BCUT2D eigenvalue weighted by Gasteiger charge is -2.04. The van der Waals surface area contributed by atoms with Crippen molar-refractivity contribution in [3.63, 3.8) is 0 Å². The van der Waals surface area contributed by atoms with Crippen molar-refractivity contribution in [2.75, 3.05) is 0 Å². The van der Waals surface area contributed by atoms with Crippen LogP contribution in [0.5, 0.6) is 0 Å². The maximum absolute atomic E-state index is 13.2. The number of halogens is 2. The molecule has 1 N–H and O–H groups in total. The molecule has 2 aromatic carbocycles. The zero-order valence-corrected chi connectivity index (χ0v) is 16.5. The fourth-order valence-electron chi connectivity index (χ4n) is 3.36. The van der Waals surface area contributed by atoms with E-state index >= 15 is 0 Å². The Morgan fingerprint density at radius 1 is 0.903 bits per heavy atom. The minimum Gasteiger partial charge on any atom is -0.313 e. The van der Waals surface area contributed by atoms with E-state index in [4.69, 9.17) is 0 Å². The number of hydrogen-bond acceptors (Lipinski definition) is 3. The fourth-order valence-corrected chi connectivity index (χ4v) is 3.36. The molecule has 0 aliphatic heterocycles. The highest BCUT2D eigenvalue weighted by atomic mass is 19.1. The Hall–Kier alpha value is -4.13. The molecule has 1 amide bonds. The Bertz CT molecular complexity index is 1310. The lowest BCUT2D eigenvalue weighted by atomic mass is 10.0. The average molecular weight is 417 g/mol. The van der Waals surface area contributed by atoms with Crippen molar-refractivity contribution in [2.45, 2.75) is 6.92 Å². The van der Waals surface area contributed by atoms with Gasteiger partial charge in [0.05, 0.1) is 17.4 Å². The van der Waals surface area contributed by atoms with Gasteiger partial charge in [-0.3, -0.25) is 9.59 Å². The van der Waals surface area contributed by atoms with E-state index in [-0.39, 0.29) is 11.3 Å². The van der Waals surface area contributed by atoms with Crippen LogP contribution in [0, 0.1) is 18.6 Å². The molecular weight excluding hydrogens is 400 g/mol. The average Bonchev–Trinajstić information content (AvgIpc) is 3.05. The number of rotatable bonds is 5. The number of nitrogens with one attached hydrogen (secondary N) is 1. The summed E-state index contributed by atoms with van der Waals surface area (Å²) in [5.74, 6) is -1.60. The van der Waals surface area contributed by atoms with Crippen LogP contribution in [0.25, 0.3) is 5.52 Å². The number of carbonyl (C=O) groups excluding carboxylic acids is 2. The molecule has 0 spiro atoms. The van der Waals surface area contributed by atoms with Crippen LogP contribution in [-0.4, -0.2) is 22.3 Å². The van der Waals surface area contributed by atoms with Crippen molar-refractivity contribution in [3.8, 4) is 0 Å². The monoisotopic (exact) mass is 417 g/mol. The first-order valence-corrected chi connectivity index (χ1v) is 9.44. The van der Waals surface area contributed by atoms with Crippen LogP contribution in [-0.2, 0) is 0 Å². The van der Waals surface area contributed by atoms with E-state index in [0.717, 1.165) is 5.52 Å². The summed E-state index contributed by atoms with van der Waals surface area (Å²) in [7, 11) is 0. The second-order valence-corrected chi connectivity index (χ2v) is 6.89. The summed E-state index contributed by atoms with van der Waals surface area (Å²) in [6.45, 7) is 1.78. The molecule has 4 rings (SSSR count). The number of fused-ring (bicyclic) bond motifs is 1. The number of pyridine rings is 1. The van der Waals surface area contributed by atoms with Gasteiger partial charge in [0.25, 0.3) is 5.91 Å². The van der Waals surface area contributed by atoms with Crippen molar-refractivity contribution >= 4 is 23.4 Å². The van der Waals surface area contributed by atoms with E-state index < -0.39 is 17.5 Å². The van der Waals surface area contributed by atoms with E-state index in [0.29, 0.717) is 22.4 Å². The van der Waals surface area contributed by atoms with Gasteiger partial charge in [-0.05, 0) is 73.2 Å². The highest BCUT2D eigenvalue weighted by Crippen LogP contribution is 2.24. The van der Waals surface area contributed by atoms with E-state index in [1.165, 1.54) is 54.7 Å². The van der Waals surface area contributed by atoms with E-state index in [9.17, 15) is 18.4 Å². The predicted molar refractivity (Wildman–Crippen MR) is 113 cm³/mol. The molecule has 5 nitrogen and oxygen atoms in total. The van der Waals surface area contributed by atoms with Crippen LogP contribution in [0.3, 0.4) is 0 Å². The molecule has 2 heterocycles. The number of benzene rings is 2. The third-order valence-electron chi connectivity index (χ3n) is 4.92. The molecule has 0 radical (unpaired) electrons. The lowest BCUT2D eigenvalue weighted by Crippen LogP contribution is -2.17. The summed E-state index contributed by atoms with van der Waals surface area (Å²) in [4.78, 5) is 25.3. The van der Waals surface area contributed by atoms with Gasteiger partial charge in [0, 0.05) is 22.9 Å². The van der Waals surface area contributed by atoms with E-state index in [1.807, 2.05) is 12.1 Å². The van der Waals surface area contributed by atoms with Gasteiger partial charge in [-0.2, -0.15) is 5.10 Å². The number of hydrazone groups is 1. The standard InChI is InChI=1S/C24H17F2N3O2/c1-15-20(14-27-28-24(31)17-7-11-19(26)12-8-17)21-4-2-3-13-29(21)22(15)23(30)16-5-9-18(25)10-6-16/h2-14H,1H3,(H,28,31). The Balaban J connectivity index is 1.67. The maximum atomic E-state index is 13.2. The van der Waals surface area contributed by atoms with Crippen molar-refractivity contribution in [1.29, 1.82) is 0 Å². The molecule has 0 bridgehead atoms. The van der Waals surface area contributed by atoms with Gasteiger partial charge >= 0.3 is 0 Å². The molecule has 7 heteroatoms. The van der Waals surface area contributed by atoms with Gasteiger partial charge in [-0.25, -0.2) is 14.2 Å². The summed E-state index contributed by atoms with van der Waals surface area (Å²) >= 11 is 0. The highest BCUT2D eigenvalue weighted by Gasteiger charge is 2.21. The highest BCUT2D eigenvalue weighted by molar-refractivity contribution is 6.12. The predicted octanol–water partition coefficient (Wildman–Crippen LogP) is 4.52. The first kappa shape index (κ1) is 20.2. The zero-order chi connectivity index (χ0) is 22.0. The summed E-state index contributed by atoms with van der Waals surface area (Å²) < 4.78 is 28.0. The van der Waals surface area contributed by atoms with Gasteiger partial charge in [0.2, 0.25) is 5.78 Å². The van der Waals surface area contributed by atoms with Gasteiger partial charge in [-0.1, -0.05) is 6.07 Å². The second kappa shape index (κ2) is 8.31. The van der Waals surface area contributed by atoms with Crippen LogP contribution < -0.4 is 5.43 Å². The first-order valence-electron chi connectivity index (χ1n) is 9.44. The van der Waals surface area contributed by atoms with Crippen molar-refractivity contribution in [3.05, 3.63) is 113 Å². The van der Waals surface area contributed by atoms with Crippen LogP contribution in [0.15, 0.2) is 78.0 Å². The molecule has 0 aliphatic carbocycles. The first-order chi connectivity index (χ1) is 15.0. The van der Waals surface area contributed by atoms with Crippen LogP contribution in [0.2, 0.25) is 0 Å². The molecule has 0 aliphatic rings. The summed E-state index contributed by atoms with van der Waals surface area (Å²) in [6, 6.07) is 15.9. The molecule has 0 saturated carbocycles. The summed E-state index contributed by atoms with van der Waals surface area (Å²) in [6.07, 6.45) is 3.22. The van der Waals surface area contributed by atoms with Gasteiger partial charge in [0.15, 0.2) is 0 Å². The number of nitrogens with zero attached hydrogens (tertiary/aromatic N) is 2. The van der Waals surface area contributed by atoms with Crippen molar-refractivity contribution < 1.29 is 18.4 Å². The largest absolute Gasteiger partial charge is 0.313 e. The van der Waals surface area contributed by atoms with E-state index in [2.05, 4.69) is 10.5 Å². The van der Waals surface area contributed by atoms with Gasteiger partial charge in [0.1, 0.15) is 11.6 Å². The minimum atomic E-state index is -0.486. The Morgan fingerprint density at radius 2 is 1.52 bits per heavy atom. The molecule has 0 atom stereocenters. The van der Waals surface area contributed by atoms with Crippen LogP contribution in [0.1, 0.15) is 37.5 Å². The lowest BCUT2D eigenvalue weighted by molar-refractivity contribution is 0.0954. The van der Waals surface area contributed by atoms with Crippen LogP contribution in [0.4, 0.5) is 8.78 Å². The number of carbonyl (C=O) groups is 2. The molecule has 2 aromatic heterocycles. The van der Waals surface area contributed by atoms with Gasteiger partial charge < -0.3 is 4.40 Å². The molecule has 31 heavy (non-hydrogen) atoms. The minimum absolute atomic E-state index is 0.256. The summed E-state index contributed by atoms with van der Waals surface area (Å²) in [5.41, 5.74) is 5.51. The number of ketones is 1. The van der Waals surface area contributed by atoms with Gasteiger partial charge in [-0.15, -0.1) is 0 Å². The number of aromatic nitrogens is 1. The Kier molecular flexibility index (Phi) is 5.41. The maximum Gasteiger partial charge on any atom is 0.271 e. The smallest absolute Gasteiger partial charge is 0.271 e. The third kappa shape index (κ3) is 3.98. The molecule has 4 aromatic rings. The molecule has 0 unspecified atom stereocenters. The molecule has 0 fully saturated rings. The Labute approximate surface area is 176 Å². The van der Waals surface area contributed by atoms with Crippen molar-refractivity contribution in [1.82, 2.24) is 9.83 Å². The Morgan fingerprint density at radius 3 is 2.16 bits per heavy atom. The molecule has 0 saturated heterocycles. The quantitative estimate of drug-likeness (QED) is 0.295. The molecular formula is C24H17F2N3O2. The van der Waals surface area contributed by atoms with Crippen LogP contribution >= 0.6 is 0 Å². The molecule has 154 valence electrons. The number of amides is 1. The topological polar surface area (TPSA) is 62.9 Å². The SMILES string of the molecule is Cc1c(C=NNC(=O)c2ccc(F)cc2)c2ccccn2c1C(=O)c1ccc(F)cc1. The summed E-state index contributed by atoms with van der Waals surface area (Å²) in [5, 5.41) is 4.02. The van der Waals surface area contributed by atoms with Crippen molar-refractivity contribution in [2.24, 2.45) is 5.10 Å². The van der Waals surface area contributed by atoms with E-state index in [1.54, 1.807) is 23.6 Å². The fraction of sp³-hybridized carbons (Fsp3) is 0.0417.